The van der Waals surface area contributed by atoms with Crippen molar-refractivity contribution in [3.05, 3.63) is 21.9 Å². The van der Waals surface area contributed by atoms with Crippen LogP contribution in [0.1, 0.15) is 22.3 Å². The maximum Gasteiger partial charge on any atom is 0.268 e. The fourth-order valence-corrected chi connectivity index (χ4v) is 1.52. The number of halogens is 4. The predicted octanol–water partition coefficient (Wildman–Crippen LogP) is 2.74. The van der Waals surface area contributed by atoms with Crippen LogP contribution < -0.4 is 5.73 Å². The predicted molar refractivity (Wildman–Crippen MR) is 51.5 cm³/mol. The normalized spacial score (nSPS) is 10.6. The Bertz CT molecular complexity index is 386. The van der Waals surface area contributed by atoms with Crippen LogP contribution in [-0.4, -0.2) is 10.2 Å². The van der Waals surface area contributed by atoms with Crippen LogP contribution in [0.5, 0.6) is 0 Å². The number of hydrogen-bond acceptors (Lipinski definition) is 3. The molecule has 0 fully saturated rings. The second-order valence-corrected chi connectivity index (χ2v) is 3.46. The largest absolute Gasteiger partial charge is 0.398 e. The summed E-state index contributed by atoms with van der Waals surface area (Å²) in [5.41, 5.74) is 4.25. The summed E-state index contributed by atoms with van der Waals surface area (Å²) in [6, 6.07) is 0. The molecule has 0 aliphatic carbocycles. The minimum absolute atomic E-state index is 0.0910. The lowest BCUT2D eigenvalue weighted by Crippen LogP contribution is -2.05. The summed E-state index contributed by atoms with van der Waals surface area (Å²) in [6.07, 6.45) is -1.77. The summed E-state index contributed by atoms with van der Waals surface area (Å²) in [5.74, 6) is 0. The Labute approximate surface area is 91.4 Å². The van der Waals surface area contributed by atoms with E-state index in [4.69, 9.17) is 17.3 Å². The summed E-state index contributed by atoms with van der Waals surface area (Å²) >= 11 is 7.92. The Kier molecular flexibility index (Phi) is 3.38. The molecule has 0 bridgehead atoms. The Morgan fingerprint density at radius 2 is 2.21 bits per heavy atom. The van der Waals surface area contributed by atoms with Crippen molar-refractivity contribution in [2.45, 2.75) is 6.43 Å². The van der Waals surface area contributed by atoms with E-state index in [0.29, 0.717) is 0 Å². The standard InChI is InChI=1S/C7H4BrClF2N2O/c8-5-3(7(10)11)4(12)2(1-13-5)6(9)14/h1,7H,(H2,12,13). The van der Waals surface area contributed by atoms with E-state index in [9.17, 15) is 13.6 Å². The second kappa shape index (κ2) is 4.18. The number of pyridine rings is 1. The van der Waals surface area contributed by atoms with Gasteiger partial charge in [0, 0.05) is 6.20 Å². The van der Waals surface area contributed by atoms with E-state index in [1.807, 2.05) is 0 Å². The van der Waals surface area contributed by atoms with Crippen LogP contribution in [0.15, 0.2) is 10.8 Å². The minimum Gasteiger partial charge on any atom is -0.398 e. The summed E-state index contributed by atoms with van der Waals surface area (Å²) in [4.78, 5) is 14.3. The van der Waals surface area contributed by atoms with Gasteiger partial charge in [-0.15, -0.1) is 0 Å². The van der Waals surface area contributed by atoms with Gasteiger partial charge in [-0.05, 0) is 27.5 Å². The Morgan fingerprint density at radius 3 is 2.64 bits per heavy atom. The van der Waals surface area contributed by atoms with Gasteiger partial charge in [0.15, 0.2) is 0 Å². The molecule has 0 atom stereocenters. The molecule has 0 spiro atoms. The van der Waals surface area contributed by atoms with Crippen molar-refractivity contribution < 1.29 is 13.6 Å². The van der Waals surface area contributed by atoms with Gasteiger partial charge in [-0.1, -0.05) is 0 Å². The molecule has 0 aliphatic rings. The van der Waals surface area contributed by atoms with Crippen LogP contribution >= 0.6 is 27.5 Å². The molecule has 3 nitrogen and oxygen atoms in total. The zero-order chi connectivity index (χ0) is 10.9. The first-order chi connectivity index (χ1) is 6.45. The molecule has 0 radical (unpaired) electrons. The average molecular weight is 285 g/mol. The highest BCUT2D eigenvalue weighted by molar-refractivity contribution is 9.10. The first-order valence-corrected chi connectivity index (χ1v) is 4.54. The molecule has 7 heteroatoms. The van der Waals surface area contributed by atoms with Gasteiger partial charge in [-0.3, -0.25) is 4.79 Å². The lowest BCUT2D eigenvalue weighted by atomic mass is 10.1. The van der Waals surface area contributed by atoms with Crippen LogP contribution in [0.3, 0.4) is 0 Å². The molecule has 0 saturated heterocycles. The van der Waals surface area contributed by atoms with Crippen LogP contribution in [-0.2, 0) is 0 Å². The average Bonchev–Trinajstić information content (AvgIpc) is 2.02. The van der Waals surface area contributed by atoms with E-state index in [2.05, 4.69) is 20.9 Å². The molecule has 0 aromatic carbocycles. The summed E-state index contributed by atoms with van der Waals surface area (Å²) < 4.78 is 24.8. The number of nitrogen functional groups attached to an aromatic ring is 1. The molecule has 76 valence electrons. The number of carbonyl (C=O) groups excluding carboxylic acids is 1. The third-order valence-corrected chi connectivity index (χ3v) is 2.38. The molecule has 0 unspecified atom stereocenters. The van der Waals surface area contributed by atoms with E-state index < -0.39 is 17.2 Å². The second-order valence-electron chi connectivity index (χ2n) is 2.36. The Balaban J connectivity index is 3.41. The number of alkyl halides is 2. The Morgan fingerprint density at radius 1 is 1.64 bits per heavy atom. The number of nitrogens with two attached hydrogens (primary N) is 1. The highest BCUT2D eigenvalue weighted by Gasteiger charge is 2.21. The molecule has 0 aliphatic heterocycles. The van der Waals surface area contributed by atoms with Crippen molar-refractivity contribution in [1.29, 1.82) is 0 Å². The van der Waals surface area contributed by atoms with Crippen molar-refractivity contribution in [3.8, 4) is 0 Å². The van der Waals surface area contributed by atoms with Crippen molar-refractivity contribution in [2.75, 3.05) is 5.73 Å². The van der Waals surface area contributed by atoms with E-state index in [1.165, 1.54) is 0 Å². The van der Waals surface area contributed by atoms with Gasteiger partial charge in [-0.2, -0.15) is 0 Å². The molecular weight excluding hydrogens is 281 g/mol. The first kappa shape index (κ1) is 11.3. The molecule has 1 heterocycles. The van der Waals surface area contributed by atoms with Gasteiger partial charge >= 0.3 is 0 Å². The molecule has 0 saturated carbocycles. The summed E-state index contributed by atoms with van der Waals surface area (Å²) in [7, 11) is 0. The van der Waals surface area contributed by atoms with Crippen molar-refractivity contribution in [1.82, 2.24) is 4.98 Å². The molecule has 2 N–H and O–H groups in total. The van der Waals surface area contributed by atoms with Crippen molar-refractivity contribution in [2.24, 2.45) is 0 Å². The zero-order valence-corrected chi connectivity index (χ0v) is 8.94. The highest BCUT2D eigenvalue weighted by Crippen LogP contribution is 2.33. The lowest BCUT2D eigenvalue weighted by Gasteiger charge is -2.08. The third kappa shape index (κ3) is 2.01. The minimum atomic E-state index is -2.81. The summed E-state index contributed by atoms with van der Waals surface area (Å²) in [6.45, 7) is 0. The fourth-order valence-electron chi connectivity index (χ4n) is 0.881. The van der Waals surface area contributed by atoms with Gasteiger partial charge in [0.25, 0.3) is 11.7 Å². The van der Waals surface area contributed by atoms with Crippen LogP contribution in [0.4, 0.5) is 14.5 Å². The maximum atomic E-state index is 12.4. The Hall–Kier alpha value is -0.750. The number of nitrogens with zero attached hydrogens (tertiary/aromatic N) is 1. The number of carbonyl (C=O) groups is 1. The topological polar surface area (TPSA) is 56.0 Å². The number of anilines is 1. The van der Waals surface area contributed by atoms with Gasteiger partial charge in [0.1, 0.15) is 4.60 Å². The molecule has 1 rings (SSSR count). The fraction of sp³-hybridized carbons (Fsp3) is 0.143. The van der Waals surface area contributed by atoms with Gasteiger partial charge in [0.05, 0.1) is 16.8 Å². The van der Waals surface area contributed by atoms with Crippen LogP contribution in [0.2, 0.25) is 0 Å². The maximum absolute atomic E-state index is 12.4. The highest BCUT2D eigenvalue weighted by atomic mass is 79.9. The molecule has 1 aromatic heterocycles. The molecule has 0 amide bonds. The lowest BCUT2D eigenvalue weighted by molar-refractivity contribution is 0.108. The monoisotopic (exact) mass is 284 g/mol. The van der Waals surface area contributed by atoms with Gasteiger partial charge < -0.3 is 5.73 Å². The van der Waals surface area contributed by atoms with Crippen molar-refractivity contribution >= 4 is 38.5 Å². The SMILES string of the molecule is Nc1c(C(=O)Cl)cnc(Br)c1C(F)F. The van der Waals surface area contributed by atoms with E-state index in [1.54, 1.807) is 0 Å². The molecular formula is C7H4BrClF2N2O. The smallest absolute Gasteiger partial charge is 0.268 e. The number of aromatic nitrogens is 1. The van der Waals surface area contributed by atoms with E-state index in [0.717, 1.165) is 6.20 Å². The third-order valence-electron chi connectivity index (χ3n) is 1.54. The van der Waals surface area contributed by atoms with Gasteiger partial charge in [-0.25, -0.2) is 13.8 Å². The molecule has 1 aromatic rings. The van der Waals surface area contributed by atoms with Crippen LogP contribution in [0.25, 0.3) is 0 Å². The van der Waals surface area contributed by atoms with E-state index in [-0.39, 0.29) is 15.9 Å². The molecule has 14 heavy (non-hydrogen) atoms. The van der Waals surface area contributed by atoms with E-state index >= 15 is 0 Å². The number of rotatable bonds is 2. The van der Waals surface area contributed by atoms with Gasteiger partial charge in [0.2, 0.25) is 0 Å². The zero-order valence-electron chi connectivity index (χ0n) is 6.60. The summed E-state index contributed by atoms with van der Waals surface area (Å²) in [5, 5.41) is -0.913. The van der Waals surface area contributed by atoms with Crippen LogP contribution in [0, 0.1) is 0 Å². The number of hydrogen-bond donors (Lipinski definition) is 1. The first-order valence-electron chi connectivity index (χ1n) is 3.37. The quantitative estimate of drug-likeness (QED) is 0.671. The van der Waals surface area contributed by atoms with Crippen molar-refractivity contribution in [3.63, 3.8) is 0 Å².